The van der Waals surface area contributed by atoms with E-state index in [0.717, 1.165) is 22.9 Å². The minimum absolute atomic E-state index is 0.0666. The van der Waals surface area contributed by atoms with Gasteiger partial charge in [-0.25, -0.2) is 9.97 Å². The van der Waals surface area contributed by atoms with E-state index in [1.165, 1.54) is 0 Å². The highest BCUT2D eigenvalue weighted by atomic mass is 79.9. The summed E-state index contributed by atoms with van der Waals surface area (Å²) in [7, 11) is 1.55. The first-order valence-electron chi connectivity index (χ1n) is 9.76. The molecule has 1 aliphatic rings. The Morgan fingerprint density at radius 3 is 2.77 bits per heavy atom. The third-order valence-electron chi connectivity index (χ3n) is 4.76. The molecule has 3 aromatic rings. The lowest BCUT2D eigenvalue weighted by molar-refractivity contribution is 0.0254. The van der Waals surface area contributed by atoms with Gasteiger partial charge in [0.1, 0.15) is 23.7 Å². The number of nitriles is 1. The molecule has 9 heteroatoms. The van der Waals surface area contributed by atoms with E-state index < -0.39 is 0 Å². The number of aromatic nitrogens is 3. The predicted molar refractivity (Wildman–Crippen MR) is 118 cm³/mol. The molecule has 8 nitrogen and oxygen atoms in total. The van der Waals surface area contributed by atoms with Gasteiger partial charge in [0.25, 0.3) is 0 Å². The zero-order chi connectivity index (χ0) is 21.6. The van der Waals surface area contributed by atoms with Crippen molar-refractivity contribution in [3.8, 4) is 29.0 Å². The quantitative estimate of drug-likeness (QED) is 0.549. The fraction of sp³-hybridized carbons (Fsp3) is 0.273. The second-order valence-corrected chi connectivity index (χ2v) is 7.68. The number of hydrogen-bond donors (Lipinski definition) is 1. The topological polar surface area (TPSA) is 102 Å². The molecule has 158 valence electrons. The van der Waals surface area contributed by atoms with Crippen molar-refractivity contribution < 1.29 is 14.2 Å². The Labute approximate surface area is 188 Å². The van der Waals surface area contributed by atoms with Crippen LogP contribution in [0.2, 0.25) is 0 Å². The molecule has 0 aliphatic carbocycles. The maximum absolute atomic E-state index is 9.62. The van der Waals surface area contributed by atoms with Crippen molar-refractivity contribution in [2.45, 2.75) is 18.9 Å². The van der Waals surface area contributed by atoms with Crippen molar-refractivity contribution >= 4 is 27.7 Å². The Morgan fingerprint density at radius 2 is 2.00 bits per heavy atom. The molecular weight excluding hydrogens is 462 g/mol. The van der Waals surface area contributed by atoms with Gasteiger partial charge in [0, 0.05) is 24.6 Å². The standard InChI is InChI=1S/C22H20BrN5O3/c1-29-21-17(23)3-5-20(27-21)28-22-25-9-6-18(26-22)14-2-4-19(15(12-14)13-24)31-16-7-10-30-11-8-16/h2-6,9,12,16H,7-8,10-11H2,1H3,(H,25,26,27,28). The highest BCUT2D eigenvalue weighted by molar-refractivity contribution is 9.10. The second kappa shape index (κ2) is 9.73. The molecular formula is C22H20BrN5O3. The van der Waals surface area contributed by atoms with Gasteiger partial charge >= 0.3 is 0 Å². The molecule has 4 rings (SSSR count). The lowest BCUT2D eigenvalue weighted by atomic mass is 10.1. The lowest BCUT2D eigenvalue weighted by Crippen LogP contribution is -2.26. The van der Waals surface area contributed by atoms with Crippen molar-refractivity contribution in [3.05, 3.63) is 52.6 Å². The van der Waals surface area contributed by atoms with Crippen LogP contribution in [0, 0.1) is 11.3 Å². The molecule has 31 heavy (non-hydrogen) atoms. The number of nitrogens with one attached hydrogen (secondary N) is 1. The second-order valence-electron chi connectivity index (χ2n) is 6.83. The zero-order valence-electron chi connectivity index (χ0n) is 16.8. The molecule has 1 fully saturated rings. The van der Waals surface area contributed by atoms with Crippen LogP contribution in [0.4, 0.5) is 11.8 Å². The first-order valence-corrected chi connectivity index (χ1v) is 10.5. The Morgan fingerprint density at radius 1 is 1.16 bits per heavy atom. The average molecular weight is 482 g/mol. The van der Waals surface area contributed by atoms with Gasteiger partial charge in [-0.1, -0.05) is 0 Å². The fourth-order valence-electron chi connectivity index (χ4n) is 3.18. The Hall–Kier alpha value is -3.22. The first kappa shape index (κ1) is 21.0. The van der Waals surface area contributed by atoms with Gasteiger partial charge in [0.05, 0.1) is 36.1 Å². The maximum Gasteiger partial charge on any atom is 0.229 e. The number of halogens is 1. The SMILES string of the molecule is COc1nc(Nc2nccc(-c3ccc(OC4CCOCC4)c(C#N)c3)n2)ccc1Br. The lowest BCUT2D eigenvalue weighted by Gasteiger charge is -2.23. The first-order chi connectivity index (χ1) is 15.2. The van der Waals surface area contributed by atoms with E-state index in [-0.39, 0.29) is 6.10 Å². The number of benzene rings is 1. The normalized spacial score (nSPS) is 14.0. The van der Waals surface area contributed by atoms with Gasteiger partial charge < -0.3 is 19.5 Å². The largest absolute Gasteiger partial charge is 0.489 e. The van der Waals surface area contributed by atoms with Crippen molar-refractivity contribution in [1.29, 1.82) is 5.26 Å². The summed E-state index contributed by atoms with van der Waals surface area (Å²) in [5, 5.41) is 12.7. The highest BCUT2D eigenvalue weighted by Gasteiger charge is 2.17. The van der Waals surface area contributed by atoms with Crippen LogP contribution in [0.5, 0.6) is 11.6 Å². The molecule has 0 saturated carbocycles. The van der Waals surface area contributed by atoms with Crippen molar-refractivity contribution in [3.63, 3.8) is 0 Å². The predicted octanol–water partition coefficient (Wildman–Crippen LogP) is 4.48. The molecule has 0 radical (unpaired) electrons. The number of anilines is 2. The van der Waals surface area contributed by atoms with Crippen LogP contribution in [0.3, 0.4) is 0 Å². The van der Waals surface area contributed by atoms with Crippen LogP contribution in [-0.4, -0.2) is 41.4 Å². The summed E-state index contributed by atoms with van der Waals surface area (Å²) in [6.45, 7) is 1.36. The molecule has 1 saturated heterocycles. The van der Waals surface area contributed by atoms with E-state index in [2.05, 4.69) is 42.3 Å². The minimum atomic E-state index is 0.0666. The summed E-state index contributed by atoms with van der Waals surface area (Å²) in [6.07, 6.45) is 3.36. The summed E-state index contributed by atoms with van der Waals surface area (Å²) in [6, 6.07) is 13.1. The fourth-order valence-corrected chi connectivity index (χ4v) is 3.57. The number of nitrogens with zero attached hydrogens (tertiary/aromatic N) is 4. The number of hydrogen-bond acceptors (Lipinski definition) is 8. The number of methoxy groups -OCH3 is 1. The van der Waals surface area contributed by atoms with Crippen molar-refractivity contribution in [2.75, 3.05) is 25.6 Å². The average Bonchev–Trinajstić information content (AvgIpc) is 2.81. The van der Waals surface area contributed by atoms with E-state index >= 15 is 0 Å². The number of rotatable bonds is 6. The third-order valence-corrected chi connectivity index (χ3v) is 5.36. The molecule has 0 unspecified atom stereocenters. The van der Waals surface area contributed by atoms with Crippen LogP contribution in [0.15, 0.2) is 47.1 Å². The number of ether oxygens (including phenoxy) is 3. The Balaban J connectivity index is 1.55. The van der Waals surface area contributed by atoms with Crippen LogP contribution in [0.25, 0.3) is 11.3 Å². The maximum atomic E-state index is 9.62. The van der Waals surface area contributed by atoms with Crippen LogP contribution < -0.4 is 14.8 Å². The Bertz CT molecular complexity index is 1110. The van der Waals surface area contributed by atoms with Gasteiger partial charge in [0.15, 0.2) is 0 Å². The van der Waals surface area contributed by atoms with Gasteiger partial charge in [-0.3, -0.25) is 0 Å². The summed E-state index contributed by atoms with van der Waals surface area (Å²) in [4.78, 5) is 13.2. The van der Waals surface area contributed by atoms with E-state index in [9.17, 15) is 5.26 Å². The molecule has 0 amide bonds. The summed E-state index contributed by atoms with van der Waals surface area (Å²) < 4.78 is 17.4. The molecule has 3 heterocycles. The number of pyridine rings is 1. The van der Waals surface area contributed by atoms with Gasteiger partial charge in [-0.15, -0.1) is 0 Å². The zero-order valence-corrected chi connectivity index (χ0v) is 18.4. The van der Waals surface area contributed by atoms with Crippen LogP contribution in [0.1, 0.15) is 18.4 Å². The third kappa shape index (κ3) is 5.10. The van der Waals surface area contributed by atoms with Gasteiger partial charge in [0.2, 0.25) is 11.8 Å². The summed E-state index contributed by atoms with van der Waals surface area (Å²) >= 11 is 3.38. The monoisotopic (exact) mass is 481 g/mol. The molecule has 0 atom stereocenters. The minimum Gasteiger partial charge on any atom is -0.489 e. The molecule has 0 spiro atoms. The van der Waals surface area contributed by atoms with E-state index in [1.54, 1.807) is 31.5 Å². The van der Waals surface area contributed by atoms with Crippen LogP contribution >= 0.6 is 15.9 Å². The van der Waals surface area contributed by atoms with E-state index in [4.69, 9.17) is 14.2 Å². The van der Waals surface area contributed by atoms with Gasteiger partial charge in [-0.2, -0.15) is 10.2 Å². The van der Waals surface area contributed by atoms with Crippen molar-refractivity contribution in [1.82, 2.24) is 15.0 Å². The van der Waals surface area contributed by atoms with Gasteiger partial charge in [-0.05, 0) is 52.3 Å². The molecule has 1 aromatic carbocycles. The van der Waals surface area contributed by atoms with Crippen LogP contribution in [-0.2, 0) is 4.74 Å². The van der Waals surface area contributed by atoms with E-state index in [0.29, 0.717) is 47.9 Å². The molecule has 1 aliphatic heterocycles. The summed E-state index contributed by atoms with van der Waals surface area (Å²) in [5.74, 6) is 1.97. The molecule has 0 bridgehead atoms. The molecule has 1 N–H and O–H groups in total. The van der Waals surface area contributed by atoms with E-state index in [1.807, 2.05) is 18.2 Å². The Kier molecular flexibility index (Phi) is 6.60. The van der Waals surface area contributed by atoms with Crippen molar-refractivity contribution in [2.24, 2.45) is 0 Å². The smallest absolute Gasteiger partial charge is 0.229 e. The highest BCUT2D eigenvalue weighted by Crippen LogP contribution is 2.29. The molecule has 2 aromatic heterocycles. The summed E-state index contributed by atoms with van der Waals surface area (Å²) in [5.41, 5.74) is 1.94.